The Labute approximate surface area is 160 Å². The van der Waals surface area contributed by atoms with Crippen LogP contribution in [0.25, 0.3) is 0 Å². The Hall–Kier alpha value is -2.43. The lowest BCUT2D eigenvalue weighted by Gasteiger charge is -2.38. The molecule has 0 spiro atoms. The lowest BCUT2D eigenvalue weighted by molar-refractivity contribution is -0.138. The molecule has 1 aromatic carbocycles. The largest absolute Gasteiger partial charge is 0.497 e. The summed E-state index contributed by atoms with van der Waals surface area (Å²) in [6, 6.07) is 10.1. The van der Waals surface area contributed by atoms with Crippen LogP contribution in [-0.4, -0.2) is 41.0 Å². The van der Waals surface area contributed by atoms with E-state index in [-0.39, 0.29) is 5.41 Å². The second-order valence-corrected chi connectivity index (χ2v) is 7.72. The highest BCUT2D eigenvalue weighted by Gasteiger charge is 2.45. The predicted molar refractivity (Wildman–Crippen MR) is 104 cm³/mol. The van der Waals surface area contributed by atoms with Gasteiger partial charge in [0.05, 0.1) is 12.5 Å². The maximum atomic E-state index is 13.6. The summed E-state index contributed by atoms with van der Waals surface area (Å²) >= 11 is 0. The number of piperidine rings is 1. The second kappa shape index (κ2) is 7.67. The topological polar surface area (TPSA) is 55.3 Å². The van der Waals surface area contributed by atoms with Crippen LogP contribution in [0.1, 0.15) is 55.7 Å². The molecule has 2 aromatic rings. The minimum atomic E-state index is -0.353. The van der Waals surface area contributed by atoms with Gasteiger partial charge < -0.3 is 9.64 Å². The monoisotopic (exact) mass is 365 g/mol. The number of hydrogen-bond acceptors (Lipinski definition) is 4. The summed E-state index contributed by atoms with van der Waals surface area (Å²) in [5, 5.41) is 0. The van der Waals surface area contributed by atoms with Crippen molar-refractivity contribution in [1.82, 2.24) is 14.9 Å². The third-order valence-electron chi connectivity index (χ3n) is 6.31. The molecule has 1 aliphatic heterocycles. The van der Waals surface area contributed by atoms with E-state index in [0.29, 0.717) is 11.8 Å². The fraction of sp³-hybridized carbons (Fsp3) is 0.500. The van der Waals surface area contributed by atoms with E-state index in [1.54, 1.807) is 19.6 Å². The molecule has 1 saturated carbocycles. The van der Waals surface area contributed by atoms with Crippen molar-refractivity contribution in [1.29, 1.82) is 0 Å². The van der Waals surface area contributed by atoms with Gasteiger partial charge in [-0.1, -0.05) is 25.0 Å². The van der Waals surface area contributed by atoms with Gasteiger partial charge in [0.25, 0.3) is 0 Å². The molecule has 2 aliphatic rings. The SMILES string of the molecule is COc1ccc(C2(C(=O)N3CCC(c4ccncn4)CC3)CCCC2)cc1. The van der Waals surface area contributed by atoms with Crippen molar-refractivity contribution < 1.29 is 9.53 Å². The van der Waals surface area contributed by atoms with Crippen LogP contribution >= 0.6 is 0 Å². The Balaban J connectivity index is 1.50. The van der Waals surface area contributed by atoms with E-state index < -0.39 is 0 Å². The summed E-state index contributed by atoms with van der Waals surface area (Å²) in [6.07, 6.45) is 9.50. The van der Waals surface area contributed by atoms with Gasteiger partial charge in [-0.3, -0.25) is 4.79 Å². The summed E-state index contributed by atoms with van der Waals surface area (Å²) in [6.45, 7) is 1.62. The minimum absolute atomic E-state index is 0.311. The highest BCUT2D eigenvalue weighted by molar-refractivity contribution is 5.88. The second-order valence-electron chi connectivity index (χ2n) is 7.72. The molecule has 0 unspecified atom stereocenters. The summed E-state index contributed by atoms with van der Waals surface area (Å²) in [5.41, 5.74) is 1.89. The van der Waals surface area contributed by atoms with Crippen LogP contribution in [0.15, 0.2) is 42.9 Å². The van der Waals surface area contributed by atoms with Gasteiger partial charge in [-0.15, -0.1) is 0 Å². The summed E-state index contributed by atoms with van der Waals surface area (Å²) in [5.74, 6) is 1.58. The lowest BCUT2D eigenvalue weighted by atomic mass is 9.77. The van der Waals surface area contributed by atoms with Crippen molar-refractivity contribution in [3.05, 3.63) is 54.1 Å². The molecule has 2 heterocycles. The van der Waals surface area contributed by atoms with E-state index in [4.69, 9.17) is 4.74 Å². The smallest absolute Gasteiger partial charge is 0.233 e. The van der Waals surface area contributed by atoms with Gasteiger partial charge in [-0.05, 0) is 49.4 Å². The zero-order valence-corrected chi connectivity index (χ0v) is 15.9. The molecule has 5 heteroatoms. The molecule has 0 radical (unpaired) electrons. The molecule has 1 aliphatic carbocycles. The number of nitrogens with zero attached hydrogens (tertiary/aromatic N) is 3. The number of amides is 1. The van der Waals surface area contributed by atoms with E-state index in [1.807, 2.05) is 18.2 Å². The van der Waals surface area contributed by atoms with Gasteiger partial charge in [-0.2, -0.15) is 0 Å². The Bertz CT molecular complexity index is 762. The zero-order chi connectivity index (χ0) is 18.7. The Kier molecular flexibility index (Phi) is 5.10. The quantitative estimate of drug-likeness (QED) is 0.829. The molecule has 1 amide bonds. The average molecular weight is 365 g/mol. The Morgan fingerprint density at radius 3 is 2.41 bits per heavy atom. The molecule has 142 valence electrons. The first-order valence-electron chi connectivity index (χ1n) is 9.93. The number of ether oxygens (including phenoxy) is 1. The molecular formula is C22H27N3O2. The van der Waals surface area contributed by atoms with Crippen molar-refractivity contribution in [2.75, 3.05) is 20.2 Å². The molecule has 0 bridgehead atoms. The fourth-order valence-electron chi connectivity index (χ4n) is 4.74. The van der Waals surface area contributed by atoms with Crippen LogP contribution < -0.4 is 4.74 Å². The first kappa shape index (κ1) is 18.0. The highest BCUT2D eigenvalue weighted by Crippen LogP contribution is 2.44. The number of methoxy groups -OCH3 is 1. The Morgan fingerprint density at radius 2 is 1.81 bits per heavy atom. The van der Waals surface area contributed by atoms with Crippen LogP contribution in [0, 0.1) is 0 Å². The molecule has 0 N–H and O–H groups in total. The van der Waals surface area contributed by atoms with Crippen LogP contribution in [-0.2, 0) is 10.2 Å². The average Bonchev–Trinajstić information content (AvgIpc) is 3.25. The number of benzene rings is 1. The van der Waals surface area contributed by atoms with E-state index in [1.165, 1.54) is 0 Å². The summed E-state index contributed by atoms with van der Waals surface area (Å²) in [4.78, 5) is 24.1. The van der Waals surface area contributed by atoms with Gasteiger partial charge in [0, 0.05) is 30.9 Å². The van der Waals surface area contributed by atoms with Crippen molar-refractivity contribution in [2.45, 2.75) is 49.9 Å². The lowest BCUT2D eigenvalue weighted by Crippen LogP contribution is -2.48. The van der Waals surface area contributed by atoms with Crippen LogP contribution in [0.3, 0.4) is 0 Å². The van der Waals surface area contributed by atoms with Crippen molar-refractivity contribution in [3.8, 4) is 5.75 Å². The van der Waals surface area contributed by atoms with Gasteiger partial charge in [0.1, 0.15) is 12.1 Å². The Morgan fingerprint density at radius 1 is 1.11 bits per heavy atom. The number of rotatable bonds is 4. The van der Waals surface area contributed by atoms with Crippen molar-refractivity contribution >= 4 is 5.91 Å². The zero-order valence-electron chi connectivity index (χ0n) is 15.9. The van der Waals surface area contributed by atoms with Crippen LogP contribution in [0.2, 0.25) is 0 Å². The van der Waals surface area contributed by atoms with Crippen molar-refractivity contribution in [3.63, 3.8) is 0 Å². The number of carbonyl (C=O) groups is 1. The third-order valence-corrected chi connectivity index (χ3v) is 6.31. The molecule has 1 aromatic heterocycles. The van der Waals surface area contributed by atoms with E-state index in [9.17, 15) is 4.79 Å². The highest BCUT2D eigenvalue weighted by atomic mass is 16.5. The first-order chi connectivity index (χ1) is 13.2. The fourth-order valence-corrected chi connectivity index (χ4v) is 4.74. The van der Waals surface area contributed by atoms with Crippen LogP contribution in [0.4, 0.5) is 0 Å². The molecule has 1 saturated heterocycles. The minimum Gasteiger partial charge on any atom is -0.497 e. The molecule has 27 heavy (non-hydrogen) atoms. The molecule has 2 fully saturated rings. The van der Waals surface area contributed by atoms with Crippen molar-refractivity contribution in [2.24, 2.45) is 0 Å². The van der Waals surface area contributed by atoms with E-state index in [2.05, 4.69) is 27.0 Å². The molecule has 0 atom stereocenters. The maximum absolute atomic E-state index is 13.6. The van der Waals surface area contributed by atoms with Gasteiger partial charge in [0.2, 0.25) is 5.91 Å². The maximum Gasteiger partial charge on any atom is 0.233 e. The normalized spacial score (nSPS) is 19.8. The molecular weight excluding hydrogens is 338 g/mol. The number of likely N-dealkylation sites (tertiary alicyclic amines) is 1. The van der Waals surface area contributed by atoms with Gasteiger partial charge >= 0.3 is 0 Å². The standard InChI is InChI=1S/C22H27N3O2/c1-27-19-6-4-18(5-7-19)22(11-2-3-12-22)21(26)25-14-9-17(10-15-25)20-8-13-23-16-24-20/h4-8,13,16-17H,2-3,9-12,14-15H2,1H3. The molecule has 5 nitrogen and oxygen atoms in total. The molecule has 4 rings (SSSR count). The number of aromatic nitrogens is 2. The van der Waals surface area contributed by atoms with E-state index >= 15 is 0 Å². The van der Waals surface area contributed by atoms with E-state index in [0.717, 1.165) is 68.6 Å². The third kappa shape index (κ3) is 3.43. The predicted octanol–water partition coefficient (Wildman–Crippen LogP) is 3.70. The van der Waals surface area contributed by atoms with Gasteiger partial charge in [0.15, 0.2) is 0 Å². The number of carbonyl (C=O) groups excluding carboxylic acids is 1. The van der Waals surface area contributed by atoms with Crippen LogP contribution in [0.5, 0.6) is 5.75 Å². The summed E-state index contributed by atoms with van der Waals surface area (Å²) < 4.78 is 5.29. The summed E-state index contributed by atoms with van der Waals surface area (Å²) in [7, 11) is 1.67. The number of hydrogen-bond donors (Lipinski definition) is 0. The van der Waals surface area contributed by atoms with Gasteiger partial charge in [-0.25, -0.2) is 9.97 Å². The first-order valence-corrected chi connectivity index (χ1v) is 9.93.